The molecule has 14 heteroatoms. The van der Waals surface area contributed by atoms with Crippen LogP contribution in [0.2, 0.25) is 0 Å². The summed E-state index contributed by atoms with van der Waals surface area (Å²) >= 11 is 0. The number of piperazine rings is 1. The molecule has 0 bridgehead atoms. The van der Waals surface area contributed by atoms with E-state index in [0.29, 0.717) is 46.5 Å². The van der Waals surface area contributed by atoms with Crippen LogP contribution >= 0.6 is 0 Å². The number of fused-ring (bicyclic) bond motifs is 2. The molecule has 1 unspecified atom stereocenters. The van der Waals surface area contributed by atoms with Crippen LogP contribution in [-0.2, 0) is 16.1 Å². The zero-order valence-electron chi connectivity index (χ0n) is 35.8. The Hall–Kier alpha value is -6.25. The number of amides is 5. The molecule has 2 saturated heterocycles. The summed E-state index contributed by atoms with van der Waals surface area (Å²) in [4.78, 5) is 77.1. The molecule has 5 amide bonds. The van der Waals surface area contributed by atoms with Crippen LogP contribution in [0.15, 0.2) is 48.5 Å². The number of carbonyl (C=O) groups excluding carboxylic acids is 5. The van der Waals surface area contributed by atoms with Gasteiger partial charge in [-0.05, 0) is 80.5 Å². The lowest BCUT2D eigenvalue weighted by molar-refractivity contribution is -0.199. The molecular weight excluding hydrogens is 787 g/mol. The number of piperidine rings is 1. The van der Waals surface area contributed by atoms with Gasteiger partial charge in [-0.2, -0.15) is 5.26 Å². The Labute approximate surface area is 361 Å². The van der Waals surface area contributed by atoms with Crippen LogP contribution in [0.5, 0.6) is 11.5 Å². The van der Waals surface area contributed by atoms with Crippen LogP contribution in [0.3, 0.4) is 0 Å². The molecule has 2 aromatic carbocycles. The fourth-order valence-electron chi connectivity index (χ4n) is 11.4. The Morgan fingerprint density at radius 1 is 0.806 bits per heavy atom. The summed E-state index contributed by atoms with van der Waals surface area (Å²) in [6.07, 6.45) is 4.15. The Bertz CT molecular complexity index is 2480. The molecule has 4 aliphatic heterocycles. The third-order valence-electron chi connectivity index (χ3n) is 14.1. The number of pyridine rings is 1. The smallest absolute Gasteiger partial charge is 0.262 e. The molecule has 2 saturated carbocycles. The first-order valence-corrected chi connectivity index (χ1v) is 21.6. The largest absolute Gasteiger partial charge is 0.495 e. The van der Waals surface area contributed by atoms with E-state index < -0.39 is 29.7 Å². The monoisotopic (exact) mass is 837 g/mol. The van der Waals surface area contributed by atoms with Gasteiger partial charge in [-0.25, -0.2) is 4.98 Å². The van der Waals surface area contributed by atoms with Crippen LogP contribution in [0.25, 0.3) is 0 Å². The van der Waals surface area contributed by atoms with Crippen molar-refractivity contribution in [2.45, 2.75) is 97.0 Å². The summed E-state index contributed by atoms with van der Waals surface area (Å²) in [7, 11) is 1.53. The maximum absolute atomic E-state index is 13.8. The maximum Gasteiger partial charge on any atom is 0.262 e. The number of rotatable bonds is 7. The van der Waals surface area contributed by atoms with Crippen molar-refractivity contribution < 1.29 is 33.4 Å². The van der Waals surface area contributed by atoms with Gasteiger partial charge >= 0.3 is 0 Å². The van der Waals surface area contributed by atoms with E-state index in [1.807, 2.05) is 23.1 Å². The Kier molecular flexibility index (Phi) is 10.3. The number of aromatic nitrogens is 1. The molecule has 3 aromatic rings. The van der Waals surface area contributed by atoms with Gasteiger partial charge in [0.2, 0.25) is 11.8 Å². The summed E-state index contributed by atoms with van der Waals surface area (Å²) in [6, 6.07) is 15.8. The number of hydrogen-bond acceptors (Lipinski definition) is 11. The number of imide groups is 2. The van der Waals surface area contributed by atoms with Crippen LogP contribution in [0, 0.1) is 39.9 Å². The molecule has 0 radical (unpaired) electrons. The molecule has 1 N–H and O–H groups in total. The van der Waals surface area contributed by atoms with Gasteiger partial charge in [0.25, 0.3) is 17.7 Å². The number of methoxy groups -OCH3 is 1. The predicted molar refractivity (Wildman–Crippen MR) is 227 cm³/mol. The van der Waals surface area contributed by atoms with E-state index in [0.717, 1.165) is 68.1 Å². The van der Waals surface area contributed by atoms with Crippen molar-refractivity contribution in [3.05, 3.63) is 82.2 Å². The van der Waals surface area contributed by atoms with E-state index in [1.165, 1.54) is 7.11 Å². The van der Waals surface area contributed by atoms with Crippen molar-refractivity contribution >= 4 is 35.2 Å². The van der Waals surface area contributed by atoms with Crippen LogP contribution in [0.4, 0.5) is 5.69 Å². The fraction of sp³-hybridized carbons (Fsp3) is 0.479. The molecule has 4 fully saturated rings. The first-order valence-electron chi connectivity index (χ1n) is 21.6. The molecule has 1 atom stereocenters. The van der Waals surface area contributed by atoms with E-state index in [9.17, 15) is 29.2 Å². The van der Waals surface area contributed by atoms with Crippen LogP contribution < -0.4 is 19.7 Å². The predicted octanol–water partition coefficient (Wildman–Crippen LogP) is 4.93. The summed E-state index contributed by atoms with van der Waals surface area (Å²) in [6.45, 7) is 12.3. The Balaban J connectivity index is 0.770. The van der Waals surface area contributed by atoms with Gasteiger partial charge in [-0.1, -0.05) is 33.6 Å². The minimum atomic E-state index is -0.980. The lowest BCUT2D eigenvalue weighted by atomic mass is 9.49. The second kappa shape index (κ2) is 15.6. The highest BCUT2D eigenvalue weighted by atomic mass is 16.5. The van der Waals surface area contributed by atoms with E-state index in [2.05, 4.69) is 60.7 Å². The second-order valence-corrected chi connectivity index (χ2v) is 18.6. The van der Waals surface area contributed by atoms with Crippen molar-refractivity contribution in [2.24, 2.45) is 16.7 Å². The van der Waals surface area contributed by atoms with Gasteiger partial charge < -0.3 is 19.3 Å². The maximum atomic E-state index is 13.8. The quantitative estimate of drug-likeness (QED) is 0.253. The molecule has 5 heterocycles. The molecule has 9 rings (SSSR count). The van der Waals surface area contributed by atoms with Crippen molar-refractivity contribution in [3.8, 4) is 29.4 Å². The van der Waals surface area contributed by atoms with Crippen LogP contribution in [-0.4, -0.2) is 107 Å². The number of nitriles is 1. The SMILES string of the molecule is COc1cc(OC2C(C)(C)C(N3Cc4nc(C#CC5CCC(N6CCN(c7ccc8c(c7)C(=O)N(C7CCC(=O)NC7=O)C8=O)CC6)CC5)ccc4C3=O)C2(C)C)ccc1C#N. The number of nitrogens with zero attached hydrogens (tertiary/aromatic N) is 6. The third-order valence-corrected chi connectivity index (χ3v) is 14.1. The lowest BCUT2D eigenvalue weighted by Crippen LogP contribution is -2.74. The van der Waals surface area contributed by atoms with Crippen molar-refractivity contribution in [1.82, 2.24) is 25.0 Å². The van der Waals surface area contributed by atoms with E-state index >= 15 is 0 Å². The normalized spacial score (nSPS) is 26.5. The molecule has 0 spiro atoms. The lowest BCUT2D eigenvalue weighted by Gasteiger charge is -2.65. The van der Waals surface area contributed by atoms with Gasteiger partial charge in [-0.15, -0.1) is 0 Å². The fourth-order valence-corrected chi connectivity index (χ4v) is 11.4. The first kappa shape index (κ1) is 41.1. The highest BCUT2D eigenvalue weighted by Crippen LogP contribution is 2.59. The van der Waals surface area contributed by atoms with Gasteiger partial charge in [0.05, 0.1) is 41.6 Å². The number of carbonyl (C=O) groups is 5. The Morgan fingerprint density at radius 2 is 1.52 bits per heavy atom. The highest BCUT2D eigenvalue weighted by molar-refractivity contribution is 6.23. The number of hydrogen-bond donors (Lipinski definition) is 1. The van der Waals surface area contributed by atoms with E-state index in [-0.39, 0.29) is 53.2 Å². The minimum absolute atomic E-state index is 0.0203. The van der Waals surface area contributed by atoms with E-state index in [4.69, 9.17) is 14.5 Å². The average Bonchev–Trinajstić information content (AvgIpc) is 3.71. The second-order valence-electron chi connectivity index (χ2n) is 18.6. The first-order chi connectivity index (χ1) is 29.7. The zero-order valence-corrected chi connectivity index (χ0v) is 35.8. The molecule has 320 valence electrons. The van der Waals surface area contributed by atoms with Gasteiger partial charge in [0.15, 0.2) is 0 Å². The summed E-state index contributed by atoms with van der Waals surface area (Å²) < 4.78 is 11.9. The third kappa shape index (κ3) is 6.94. The summed E-state index contributed by atoms with van der Waals surface area (Å²) in [5, 5.41) is 11.6. The topological polar surface area (TPSA) is 165 Å². The average molecular weight is 838 g/mol. The van der Waals surface area contributed by atoms with E-state index in [1.54, 1.807) is 30.3 Å². The molecule has 14 nitrogen and oxygen atoms in total. The number of nitrogens with one attached hydrogen (secondary N) is 1. The molecule has 62 heavy (non-hydrogen) atoms. The van der Waals surface area contributed by atoms with Crippen molar-refractivity contribution in [3.63, 3.8) is 0 Å². The number of anilines is 1. The standard InChI is InChI=1S/C48H51N7O7/c1-47(2)45(48(3,4)46(47)62-33-15-9-29(26-49)39(25-33)61-5)54-27-37-35(42(54)58)16-11-30(50-37)10-6-28-7-12-31(13-8-28)52-20-22-53(23-21-52)32-14-17-34-36(24-32)44(60)55(43(34)59)38-18-19-40(56)51-41(38)57/h9,11,14-17,24-25,28,31,38,45-46H,7-8,12-13,18-23,27H2,1-5H3,(H,51,56,57). The summed E-state index contributed by atoms with van der Waals surface area (Å²) in [5.74, 6) is 6.19. The minimum Gasteiger partial charge on any atom is -0.495 e. The summed E-state index contributed by atoms with van der Waals surface area (Å²) in [5.41, 5.74) is 3.24. The molecule has 2 aliphatic carbocycles. The van der Waals surface area contributed by atoms with Gasteiger partial charge in [0.1, 0.15) is 35.4 Å². The number of ether oxygens (including phenoxy) is 2. The number of benzene rings is 2. The van der Waals surface area contributed by atoms with Crippen LogP contribution in [0.1, 0.15) is 114 Å². The highest BCUT2D eigenvalue weighted by Gasteiger charge is 2.67. The van der Waals surface area contributed by atoms with Crippen molar-refractivity contribution in [2.75, 3.05) is 38.2 Å². The molecule has 6 aliphatic rings. The Morgan fingerprint density at radius 3 is 2.21 bits per heavy atom. The van der Waals surface area contributed by atoms with Crippen molar-refractivity contribution in [1.29, 1.82) is 5.26 Å². The molecular formula is C48H51N7O7. The zero-order chi connectivity index (χ0) is 43.7. The van der Waals surface area contributed by atoms with Gasteiger partial charge in [0, 0.05) is 73.2 Å². The van der Waals surface area contributed by atoms with Gasteiger partial charge in [-0.3, -0.25) is 39.1 Å². The molecule has 1 aromatic heterocycles.